The molecule has 5 rings (SSSR count). The first-order valence-corrected chi connectivity index (χ1v) is 12.3. The van der Waals surface area contributed by atoms with Crippen molar-refractivity contribution in [1.82, 2.24) is 14.5 Å². The summed E-state index contributed by atoms with van der Waals surface area (Å²) in [5, 5.41) is 13.1. The molecule has 0 atom stereocenters. The normalized spacial score (nSPS) is 17.8. The van der Waals surface area contributed by atoms with Crippen molar-refractivity contribution in [3.8, 4) is 11.5 Å². The highest BCUT2D eigenvalue weighted by molar-refractivity contribution is 9.10. The second kappa shape index (κ2) is 10.1. The van der Waals surface area contributed by atoms with Gasteiger partial charge in [0.1, 0.15) is 17.3 Å². The van der Waals surface area contributed by atoms with Crippen molar-refractivity contribution in [2.24, 2.45) is 7.05 Å². The molecule has 35 heavy (non-hydrogen) atoms. The van der Waals surface area contributed by atoms with Crippen LogP contribution >= 0.6 is 15.9 Å². The van der Waals surface area contributed by atoms with E-state index in [0.717, 1.165) is 46.4 Å². The quantitative estimate of drug-likeness (QED) is 0.302. The Morgan fingerprint density at radius 1 is 1.09 bits per heavy atom. The molecule has 4 aromatic rings. The summed E-state index contributed by atoms with van der Waals surface area (Å²) in [6.07, 6.45) is 5.04. The number of fused-ring (bicyclic) bond motifs is 1. The zero-order valence-corrected chi connectivity index (χ0v) is 20.9. The van der Waals surface area contributed by atoms with E-state index in [-0.39, 0.29) is 12.1 Å². The number of imidazole rings is 1. The molecule has 2 heterocycles. The summed E-state index contributed by atoms with van der Waals surface area (Å²) in [6, 6.07) is 17.2. The average Bonchev–Trinajstić information content (AvgIpc) is 3.17. The van der Waals surface area contributed by atoms with E-state index in [0.29, 0.717) is 30.2 Å². The third-order valence-corrected chi connectivity index (χ3v) is 6.87. The molecule has 0 radical (unpaired) electrons. The van der Waals surface area contributed by atoms with E-state index in [1.54, 1.807) is 23.2 Å². The highest BCUT2D eigenvalue weighted by Crippen LogP contribution is 2.31. The van der Waals surface area contributed by atoms with Gasteiger partial charge in [-0.2, -0.15) is 0 Å². The zero-order chi connectivity index (χ0) is 24.4. The molecule has 9 heteroatoms. The molecule has 1 saturated carbocycles. The van der Waals surface area contributed by atoms with Crippen molar-refractivity contribution < 1.29 is 14.6 Å². The Balaban J connectivity index is 1.35. The first-order valence-electron chi connectivity index (χ1n) is 11.5. The Hall–Kier alpha value is -3.43. The number of carbonyl (C=O) groups excluding carboxylic acids is 1. The number of ether oxygens (including phenoxy) is 1. The van der Waals surface area contributed by atoms with Crippen LogP contribution in [0.3, 0.4) is 0 Å². The number of pyridine rings is 1. The summed E-state index contributed by atoms with van der Waals surface area (Å²) in [6.45, 7) is 0. The number of aliphatic hydroxyl groups excluding tert-OH is 1. The average molecular weight is 536 g/mol. The molecule has 1 amide bonds. The number of nitrogens with one attached hydrogen (secondary N) is 1. The molecule has 8 nitrogen and oxygen atoms in total. The number of aryl methyl sites for hydroxylation is 1. The Bertz CT molecular complexity index is 1330. The maximum Gasteiger partial charge on any atom is 0.215 e. The molecule has 2 aromatic heterocycles. The van der Waals surface area contributed by atoms with Crippen LogP contribution in [0.25, 0.3) is 11.0 Å². The second-order valence-corrected chi connectivity index (χ2v) is 9.62. The summed E-state index contributed by atoms with van der Waals surface area (Å²) in [5.41, 5.74) is 2.72. The van der Waals surface area contributed by atoms with Gasteiger partial charge in [0, 0.05) is 41.6 Å². The van der Waals surface area contributed by atoms with Crippen LogP contribution in [-0.4, -0.2) is 38.2 Å². The van der Waals surface area contributed by atoms with E-state index < -0.39 is 0 Å². The first-order chi connectivity index (χ1) is 17.0. The predicted molar refractivity (Wildman–Crippen MR) is 139 cm³/mol. The monoisotopic (exact) mass is 535 g/mol. The molecule has 0 unspecified atom stereocenters. The van der Waals surface area contributed by atoms with Crippen LogP contribution < -0.4 is 15.0 Å². The fourth-order valence-electron chi connectivity index (χ4n) is 4.42. The highest BCUT2D eigenvalue weighted by Gasteiger charge is 2.26. The number of nitrogens with zero attached hydrogens (tertiary/aromatic N) is 4. The van der Waals surface area contributed by atoms with Crippen LogP contribution in [0.2, 0.25) is 0 Å². The summed E-state index contributed by atoms with van der Waals surface area (Å²) in [4.78, 5) is 22.6. The molecular formula is C26H26BrN5O3. The van der Waals surface area contributed by atoms with Gasteiger partial charge >= 0.3 is 0 Å². The minimum atomic E-state index is -0.283. The van der Waals surface area contributed by atoms with Gasteiger partial charge in [0.2, 0.25) is 12.4 Å². The van der Waals surface area contributed by atoms with Gasteiger partial charge in [-0.05, 0) is 68.1 Å². The van der Waals surface area contributed by atoms with Crippen molar-refractivity contribution in [3.05, 3.63) is 65.3 Å². The van der Waals surface area contributed by atoms with E-state index in [1.807, 2.05) is 54.1 Å². The minimum Gasteiger partial charge on any atom is -0.457 e. The fourth-order valence-corrected chi connectivity index (χ4v) is 4.69. The first kappa shape index (κ1) is 23.3. The van der Waals surface area contributed by atoms with Crippen molar-refractivity contribution in [2.45, 2.75) is 37.8 Å². The van der Waals surface area contributed by atoms with Gasteiger partial charge in [0.15, 0.2) is 0 Å². The molecule has 2 aromatic carbocycles. The van der Waals surface area contributed by atoms with Crippen molar-refractivity contribution >= 4 is 50.8 Å². The summed E-state index contributed by atoms with van der Waals surface area (Å²) >= 11 is 3.45. The van der Waals surface area contributed by atoms with Crippen LogP contribution in [-0.2, 0) is 11.8 Å². The lowest BCUT2D eigenvalue weighted by Gasteiger charge is -2.32. The van der Waals surface area contributed by atoms with Crippen LogP contribution in [0.4, 0.5) is 17.5 Å². The third-order valence-electron chi connectivity index (χ3n) is 6.34. The van der Waals surface area contributed by atoms with E-state index in [2.05, 4.69) is 26.2 Å². The fraction of sp³-hybridized carbons (Fsp3) is 0.269. The maximum absolute atomic E-state index is 11.8. The van der Waals surface area contributed by atoms with Gasteiger partial charge in [-0.15, -0.1) is 0 Å². The summed E-state index contributed by atoms with van der Waals surface area (Å²) in [7, 11) is 1.96. The SMILES string of the molecule is Cn1c(Nc2ccc(Br)cc2)nc2cc(Oc3ccnc(N(C=O)C4CCC(O)CC4)c3)ccc21. The number of aliphatic hydroxyl groups is 1. The molecule has 2 N–H and O–H groups in total. The van der Waals surface area contributed by atoms with Crippen LogP contribution in [0.1, 0.15) is 25.7 Å². The largest absolute Gasteiger partial charge is 0.457 e. The second-order valence-electron chi connectivity index (χ2n) is 8.70. The van der Waals surface area contributed by atoms with Gasteiger partial charge in [0.05, 0.1) is 17.1 Å². The van der Waals surface area contributed by atoms with Gasteiger partial charge < -0.3 is 19.7 Å². The lowest BCUT2D eigenvalue weighted by Crippen LogP contribution is -2.38. The van der Waals surface area contributed by atoms with Gasteiger partial charge in [-0.25, -0.2) is 9.97 Å². The Kier molecular flexibility index (Phi) is 6.70. The van der Waals surface area contributed by atoms with E-state index >= 15 is 0 Å². The van der Waals surface area contributed by atoms with E-state index in [4.69, 9.17) is 9.72 Å². The van der Waals surface area contributed by atoms with Crippen LogP contribution in [0, 0.1) is 0 Å². The number of amides is 1. The van der Waals surface area contributed by atoms with E-state index in [1.165, 1.54) is 0 Å². The molecule has 0 bridgehead atoms. The lowest BCUT2D eigenvalue weighted by molar-refractivity contribution is -0.108. The molecule has 0 spiro atoms. The lowest BCUT2D eigenvalue weighted by atomic mass is 9.92. The smallest absolute Gasteiger partial charge is 0.215 e. The van der Waals surface area contributed by atoms with E-state index in [9.17, 15) is 9.90 Å². The van der Waals surface area contributed by atoms with Crippen LogP contribution in [0.15, 0.2) is 65.3 Å². The molecular weight excluding hydrogens is 510 g/mol. The van der Waals surface area contributed by atoms with Gasteiger partial charge in [-0.1, -0.05) is 15.9 Å². The third kappa shape index (κ3) is 5.16. The number of hydrogen-bond donors (Lipinski definition) is 2. The predicted octanol–water partition coefficient (Wildman–Crippen LogP) is 5.53. The van der Waals surface area contributed by atoms with Gasteiger partial charge in [-0.3, -0.25) is 9.69 Å². The Labute approximate surface area is 211 Å². The number of halogens is 1. The molecule has 1 fully saturated rings. The topological polar surface area (TPSA) is 92.5 Å². The number of rotatable bonds is 7. The van der Waals surface area contributed by atoms with Crippen molar-refractivity contribution in [3.63, 3.8) is 0 Å². The number of anilines is 3. The Morgan fingerprint density at radius 2 is 1.83 bits per heavy atom. The molecule has 180 valence electrons. The standard InChI is InChI=1S/C26H26BrN5O3/c1-31-24-11-10-21(14-23(24)30-26(31)29-18-4-2-17(27)3-5-18)35-22-12-13-28-25(15-22)32(16-33)19-6-8-20(34)9-7-19/h2-5,10-16,19-20,34H,6-9H2,1H3,(H,29,30). The van der Waals surface area contributed by atoms with Crippen molar-refractivity contribution in [1.29, 1.82) is 0 Å². The summed E-state index contributed by atoms with van der Waals surface area (Å²) in [5.74, 6) is 2.49. The number of benzene rings is 2. The molecule has 1 aliphatic rings. The van der Waals surface area contributed by atoms with Gasteiger partial charge in [0.25, 0.3) is 0 Å². The number of aromatic nitrogens is 3. The zero-order valence-electron chi connectivity index (χ0n) is 19.3. The number of hydrogen-bond acceptors (Lipinski definition) is 6. The highest BCUT2D eigenvalue weighted by atomic mass is 79.9. The Morgan fingerprint density at radius 3 is 2.57 bits per heavy atom. The van der Waals surface area contributed by atoms with Crippen molar-refractivity contribution in [2.75, 3.05) is 10.2 Å². The summed E-state index contributed by atoms with van der Waals surface area (Å²) < 4.78 is 9.12. The van der Waals surface area contributed by atoms with Crippen LogP contribution in [0.5, 0.6) is 11.5 Å². The molecule has 1 aliphatic carbocycles. The molecule has 0 aliphatic heterocycles. The minimum absolute atomic E-state index is 0.0279. The molecule has 0 saturated heterocycles. The maximum atomic E-state index is 11.8. The number of carbonyl (C=O) groups is 1.